The molecule has 1 aromatic rings. The molecular weight excluding hydrogens is 396 g/mol. The highest BCUT2D eigenvalue weighted by Crippen LogP contribution is 2.14. The molecule has 3 N–H and O–H groups in total. The lowest BCUT2D eigenvalue weighted by molar-refractivity contribution is -0.0390. The summed E-state index contributed by atoms with van der Waals surface area (Å²) in [6, 6.07) is 8.39. The molecule has 31 heavy (non-hydrogen) atoms. The number of carbonyl (C=O) groups excluding carboxylic acids is 1. The van der Waals surface area contributed by atoms with Crippen LogP contribution in [0.1, 0.15) is 51.2 Å². The van der Waals surface area contributed by atoms with Gasteiger partial charge in [-0.2, -0.15) is 0 Å². The van der Waals surface area contributed by atoms with E-state index >= 15 is 0 Å². The standard InChI is InChI=1S/C23H38N4O4/c1-23(2,3)31-22(28)26-12-6-11-25-21(24-4)27-16-18-7-5-8-19(15-18)17-30-20-9-13-29-14-10-20/h5,7-8,15,20H,6,9-14,16-17H2,1-4H3,(H,26,28)(H2,24,25,27). The zero-order valence-corrected chi connectivity index (χ0v) is 19.3. The van der Waals surface area contributed by atoms with Crippen LogP contribution in [0, 0.1) is 0 Å². The first-order valence-corrected chi connectivity index (χ1v) is 11.0. The van der Waals surface area contributed by atoms with Crippen molar-refractivity contribution in [2.75, 3.05) is 33.4 Å². The summed E-state index contributed by atoms with van der Waals surface area (Å²) in [6.07, 6.45) is 2.60. The van der Waals surface area contributed by atoms with Crippen molar-refractivity contribution in [2.24, 2.45) is 4.99 Å². The van der Waals surface area contributed by atoms with Crippen LogP contribution >= 0.6 is 0 Å². The van der Waals surface area contributed by atoms with Crippen LogP contribution in [0.15, 0.2) is 29.3 Å². The fourth-order valence-corrected chi connectivity index (χ4v) is 3.09. The van der Waals surface area contributed by atoms with Gasteiger partial charge in [-0.1, -0.05) is 24.3 Å². The van der Waals surface area contributed by atoms with Crippen molar-refractivity contribution in [3.05, 3.63) is 35.4 Å². The molecule has 1 aromatic carbocycles. The molecule has 0 spiro atoms. The molecule has 1 heterocycles. The van der Waals surface area contributed by atoms with Crippen molar-refractivity contribution in [3.8, 4) is 0 Å². The number of aliphatic imine (C=N–C) groups is 1. The largest absolute Gasteiger partial charge is 0.444 e. The maximum Gasteiger partial charge on any atom is 0.407 e. The Morgan fingerprint density at radius 1 is 1.13 bits per heavy atom. The van der Waals surface area contributed by atoms with Gasteiger partial charge in [0, 0.05) is 39.9 Å². The minimum atomic E-state index is -0.484. The van der Waals surface area contributed by atoms with Crippen LogP contribution in [0.2, 0.25) is 0 Å². The number of hydrogen-bond acceptors (Lipinski definition) is 5. The number of nitrogens with zero attached hydrogens (tertiary/aromatic N) is 1. The van der Waals surface area contributed by atoms with E-state index in [2.05, 4.69) is 45.2 Å². The second-order valence-corrected chi connectivity index (χ2v) is 8.58. The lowest BCUT2D eigenvalue weighted by atomic mass is 10.1. The number of guanidine groups is 1. The van der Waals surface area contributed by atoms with E-state index in [9.17, 15) is 4.79 Å². The van der Waals surface area contributed by atoms with Crippen LogP contribution in [0.5, 0.6) is 0 Å². The zero-order valence-electron chi connectivity index (χ0n) is 19.3. The van der Waals surface area contributed by atoms with E-state index in [4.69, 9.17) is 14.2 Å². The first kappa shape index (κ1) is 24.9. The predicted octanol–water partition coefficient (Wildman–Crippen LogP) is 2.96. The number of alkyl carbamates (subject to hydrolysis) is 1. The van der Waals surface area contributed by atoms with Crippen LogP contribution in [-0.4, -0.2) is 57.1 Å². The molecular formula is C23H38N4O4. The van der Waals surface area contributed by atoms with E-state index in [1.807, 2.05) is 20.8 Å². The van der Waals surface area contributed by atoms with Gasteiger partial charge >= 0.3 is 6.09 Å². The summed E-state index contributed by atoms with van der Waals surface area (Å²) in [7, 11) is 1.74. The SMILES string of the molecule is CN=C(NCCCNC(=O)OC(C)(C)C)NCc1cccc(COC2CCOCC2)c1. The minimum absolute atomic E-state index is 0.295. The Bertz CT molecular complexity index is 697. The third kappa shape index (κ3) is 11.0. The Hall–Kier alpha value is -2.32. The summed E-state index contributed by atoms with van der Waals surface area (Å²) in [4.78, 5) is 15.9. The van der Waals surface area contributed by atoms with Gasteiger partial charge in [-0.05, 0) is 51.2 Å². The monoisotopic (exact) mass is 434 g/mol. The number of hydrogen-bond donors (Lipinski definition) is 3. The average molecular weight is 435 g/mol. The molecule has 1 saturated heterocycles. The summed E-state index contributed by atoms with van der Waals surface area (Å²) in [5.74, 6) is 0.723. The van der Waals surface area contributed by atoms with Crippen molar-refractivity contribution < 1.29 is 19.0 Å². The summed E-state index contributed by atoms with van der Waals surface area (Å²) < 4.78 is 16.6. The average Bonchev–Trinajstić information content (AvgIpc) is 2.74. The summed E-state index contributed by atoms with van der Waals surface area (Å²) >= 11 is 0. The van der Waals surface area contributed by atoms with Gasteiger partial charge in [0.1, 0.15) is 5.60 Å². The van der Waals surface area contributed by atoms with Crippen LogP contribution in [0.25, 0.3) is 0 Å². The van der Waals surface area contributed by atoms with E-state index in [1.54, 1.807) is 7.05 Å². The molecule has 0 unspecified atom stereocenters. The molecule has 0 atom stereocenters. The molecule has 1 amide bonds. The molecule has 8 nitrogen and oxygen atoms in total. The number of rotatable bonds is 9. The van der Waals surface area contributed by atoms with Crippen LogP contribution in [0.4, 0.5) is 4.79 Å². The highest BCUT2D eigenvalue weighted by atomic mass is 16.6. The maximum absolute atomic E-state index is 11.6. The van der Waals surface area contributed by atoms with Gasteiger partial charge in [0.2, 0.25) is 0 Å². The topological polar surface area (TPSA) is 93.2 Å². The quantitative estimate of drug-likeness (QED) is 0.314. The Balaban J connectivity index is 1.64. The van der Waals surface area contributed by atoms with Crippen LogP contribution in [-0.2, 0) is 27.4 Å². The van der Waals surface area contributed by atoms with Crippen LogP contribution < -0.4 is 16.0 Å². The Labute approximate surface area is 186 Å². The highest BCUT2D eigenvalue weighted by Gasteiger charge is 2.15. The summed E-state index contributed by atoms with van der Waals surface area (Å²) in [6.45, 7) is 9.63. The summed E-state index contributed by atoms with van der Waals surface area (Å²) in [5, 5.41) is 9.32. The zero-order chi connectivity index (χ0) is 22.5. The molecule has 1 fully saturated rings. The number of amides is 1. The lowest BCUT2D eigenvalue weighted by Gasteiger charge is -2.22. The van der Waals surface area contributed by atoms with Crippen molar-refractivity contribution in [3.63, 3.8) is 0 Å². The van der Waals surface area contributed by atoms with E-state index in [-0.39, 0.29) is 0 Å². The Morgan fingerprint density at radius 2 is 1.84 bits per heavy atom. The third-order valence-corrected chi connectivity index (χ3v) is 4.64. The fourth-order valence-electron chi connectivity index (χ4n) is 3.09. The number of nitrogens with one attached hydrogen (secondary N) is 3. The lowest BCUT2D eigenvalue weighted by Crippen LogP contribution is -2.39. The smallest absolute Gasteiger partial charge is 0.407 e. The molecule has 2 rings (SSSR count). The van der Waals surface area contributed by atoms with E-state index in [1.165, 1.54) is 11.1 Å². The first-order valence-electron chi connectivity index (χ1n) is 11.0. The molecule has 8 heteroatoms. The van der Waals surface area contributed by atoms with Crippen molar-refractivity contribution in [1.29, 1.82) is 0 Å². The molecule has 174 valence electrons. The number of ether oxygens (including phenoxy) is 3. The normalized spacial score (nSPS) is 15.4. The third-order valence-electron chi connectivity index (χ3n) is 4.64. The molecule has 0 radical (unpaired) electrons. The second-order valence-electron chi connectivity index (χ2n) is 8.58. The Morgan fingerprint density at radius 3 is 2.55 bits per heavy atom. The number of benzene rings is 1. The summed E-state index contributed by atoms with van der Waals surface area (Å²) in [5.41, 5.74) is 1.85. The van der Waals surface area contributed by atoms with Crippen molar-refractivity contribution in [2.45, 2.75) is 64.9 Å². The van der Waals surface area contributed by atoms with E-state index in [0.29, 0.717) is 32.3 Å². The van der Waals surface area contributed by atoms with Crippen LogP contribution in [0.3, 0.4) is 0 Å². The molecule has 0 aromatic heterocycles. The van der Waals surface area contributed by atoms with Crippen molar-refractivity contribution in [1.82, 2.24) is 16.0 Å². The highest BCUT2D eigenvalue weighted by molar-refractivity contribution is 5.79. The number of carbonyl (C=O) groups is 1. The van der Waals surface area contributed by atoms with Gasteiger partial charge in [-0.3, -0.25) is 4.99 Å². The van der Waals surface area contributed by atoms with Gasteiger partial charge in [0.15, 0.2) is 5.96 Å². The first-order chi connectivity index (χ1) is 14.9. The van der Waals surface area contributed by atoms with Gasteiger partial charge in [0.25, 0.3) is 0 Å². The van der Waals surface area contributed by atoms with Crippen molar-refractivity contribution >= 4 is 12.1 Å². The fraction of sp³-hybridized carbons (Fsp3) is 0.652. The van der Waals surface area contributed by atoms with Gasteiger partial charge in [-0.25, -0.2) is 4.79 Å². The Kier molecular flexibility index (Phi) is 10.6. The molecule has 1 aliphatic heterocycles. The van der Waals surface area contributed by atoms with E-state index in [0.717, 1.165) is 38.4 Å². The van der Waals surface area contributed by atoms with E-state index < -0.39 is 11.7 Å². The molecule has 1 aliphatic rings. The predicted molar refractivity (Wildman–Crippen MR) is 122 cm³/mol. The second kappa shape index (κ2) is 13.2. The molecule has 0 saturated carbocycles. The van der Waals surface area contributed by atoms with Gasteiger partial charge in [-0.15, -0.1) is 0 Å². The molecule has 0 aliphatic carbocycles. The van der Waals surface area contributed by atoms with Gasteiger partial charge < -0.3 is 30.2 Å². The minimum Gasteiger partial charge on any atom is -0.444 e. The molecule has 0 bridgehead atoms. The van der Waals surface area contributed by atoms with Gasteiger partial charge in [0.05, 0.1) is 12.7 Å². The maximum atomic E-state index is 11.6.